The summed E-state index contributed by atoms with van der Waals surface area (Å²) in [4.78, 5) is 19.9. The summed E-state index contributed by atoms with van der Waals surface area (Å²) in [6.07, 6.45) is 3.02. The first-order chi connectivity index (χ1) is 10.1. The van der Waals surface area contributed by atoms with Gasteiger partial charge in [-0.25, -0.2) is 9.97 Å². The van der Waals surface area contributed by atoms with E-state index in [0.29, 0.717) is 27.3 Å². The Hall–Kier alpha value is -1.99. The normalized spacial score (nSPS) is 10.2. The summed E-state index contributed by atoms with van der Waals surface area (Å²) in [5.41, 5.74) is 6.18. The third-order valence-electron chi connectivity index (χ3n) is 2.47. The highest BCUT2D eigenvalue weighted by Crippen LogP contribution is 2.28. The number of aromatic nitrogens is 2. The molecule has 0 aliphatic carbocycles. The molecule has 0 saturated carbocycles. The van der Waals surface area contributed by atoms with E-state index in [0.717, 1.165) is 0 Å². The fraction of sp³-hybridized carbons (Fsp3) is 0.154. The van der Waals surface area contributed by atoms with Gasteiger partial charge >= 0.3 is 0 Å². The molecule has 3 N–H and O–H groups in total. The summed E-state index contributed by atoms with van der Waals surface area (Å²) in [5, 5.41) is 3.76. The van der Waals surface area contributed by atoms with Gasteiger partial charge in [0.15, 0.2) is 5.82 Å². The van der Waals surface area contributed by atoms with Crippen LogP contribution < -0.4 is 15.8 Å². The summed E-state index contributed by atoms with van der Waals surface area (Å²) >= 11 is 7.11. The summed E-state index contributed by atoms with van der Waals surface area (Å²) in [5.74, 6) is 0.775. The molecule has 0 spiro atoms. The van der Waals surface area contributed by atoms with Gasteiger partial charge in [-0.2, -0.15) is 0 Å². The van der Waals surface area contributed by atoms with E-state index < -0.39 is 0 Å². The molecule has 0 bridgehead atoms. The van der Waals surface area contributed by atoms with Gasteiger partial charge in [-0.05, 0) is 18.2 Å². The number of carbonyl (C=O) groups excluding carboxylic acids is 1. The second-order valence-electron chi connectivity index (χ2n) is 3.93. The average molecular weight is 325 g/mol. The molecule has 2 rings (SSSR count). The van der Waals surface area contributed by atoms with Crippen molar-refractivity contribution in [2.45, 2.75) is 5.03 Å². The molecule has 0 fully saturated rings. The zero-order valence-electron chi connectivity index (χ0n) is 11.2. The van der Waals surface area contributed by atoms with Gasteiger partial charge in [0.1, 0.15) is 10.8 Å². The van der Waals surface area contributed by atoms with Gasteiger partial charge in [0.05, 0.1) is 18.6 Å². The van der Waals surface area contributed by atoms with Gasteiger partial charge in [-0.3, -0.25) is 4.79 Å². The van der Waals surface area contributed by atoms with Crippen LogP contribution in [0, 0.1) is 0 Å². The summed E-state index contributed by atoms with van der Waals surface area (Å²) < 4.78 is 5.16. The second-order valence-corrected chi connectivity index (χ2v) is 5.33. The molecule has 0 aliphatic heterocycles. The van der Waals surface area contributed by atoms with E-state index >= 15 is 0 Å². The number of benzene rings is 1. The number of nitrogens with two attached hydrogens (primary N) is 1. The smallest absolute Gasteiger partial charge is 0.234 e. The Morgan fingerprint density at radius 1 is 1.43 bits per heavy atom. The molecule has 1 amide bonds. The van der Waals surface area contributed by atoms with Crippen molar-refractivity contribution in [3.63, 3.8) is 0 Å². The molecule has 0 aliphatic rings. The van der Waals surface area contributed by atoms with E-state index in [1.807, 2.05) is 0 Å². The van der Waals surface area contributed by atoms with Crippen LogP contribution in [0.3, 0.4) is 0 Å². The third-order valence-corrected chi connectivity index (χ3v) is 3.70. The Bertz CT molecular complexity index is 654. The van der Waals surface area contributed by atoms with E-state index in [9.17, 15) is 4.79 Å². The van der Waals surface area contributed by atoms with Crippen LogP contribution in [0.25, 0.3) is 0 Å². The molecule has 21 heavy (non-hydrogen) atoms. The second kappa shape index (κ2) is 7.14. The van der Waals surface area contributed by atoms with Crippen molar-refractivity contribution in [1.82, 2.24) is 9.97 Å². The molecule has 0 atom stereocenters. The molecule has 0 saturated heterocycles. The van der Waals surface area contributed by atoms with Crippen LogP contribution in [0.15, 0.2) is 35.6 Å². The summed E-state index contributed by atoms with van der Waals surface area (Å²) in [6.45, 7) is 0. The maximum atomic E-state index is 12.0. The van der Waals surface area contributed by atoms with Crippen LogP contribution in [0.4, 0.5) is 11.5 Å². The molecular formula is C13H13ClN4O2S. The number of ether oxygens (including phenoxy) is 1. The lowest BCUT2D eigenvalue weighted by Crippen LogP contribution is -2.15. The van der Waals surface area contributed by atoms with Crippen molar-refractivity contribution in [2.75, 3.05) is 23.9 Å². The van der Waals surface area contributed by atoms with Crippen LogP contribution in [0.1, 0.15) is 0 Å². The zero-order chi connectivity index (χ0) is 15.2. The lowest BCUT2D eigenvalue weighted by atomic mass is 10.3. The first kappa shape index (κ1) is 15.4. The first-order valence-corrected chi connectivity index (χ1v) is 7.29. The van der Waals surface area contributed by atoms with E-state index in [1.165, 1.54) is 31.3 Å². The van der Waals surface area contributed by atoms with Crippen molar-refractivity contribution in [3.8, 4) is 5.75 Å². The minimum absolute atomic E-state index is 0.151. The predicted octanol–water partition coefficient (Wildman–Crippen LogP) is 2.45. The van der Waals surface area contributed by atoms with Crippen LogP contribution in [0.5, 0.6) is 5.75 Å². The van der Waals surface area contributed by atoms with E-state index in [1.54, 1.807) is 18.2 Å². The molecular weight excluding hydrogens is 312 g/mol. The van der Waals surface area contributed by atoms with Crippen molar-refractivity contribution in [1.29, 1.82) is 0 Å². The lowest BCUT2D eigenvalue weighted by Gasteiger charge is -2.10. The highest BCUT2D eigenvalue weighted by Gasteiger charge is 2.10. The number of rotatable bonds is 5. The maximum absolute atomic E-state index is 12.0. The largest absolute Gasteiger partial charge is 0.495 e. The van der Waals surface area contributed by atoms with Crippen LogP contribution in [-0.4, -0.2) is 28.7 Å². The number of halogens is 1. The van der Waals surface area contributed by atoms with E-state index in [-0.39, 0.29) is 11.7 Å². The Labute approximate surface area is 131 Å². The topological polar surface area (TPSA) is 90.1 Å². The molecule has 0 unspecified atom stereocenters. The number of methoxy groups -OCH3 is 1. The zero-order valence-corrected chi connectivity index (χ0v) is 12.7. The Kier molecular flexibility index (Phi) is 5.24. The lowest BCUT2D eigenvalue weighted by molar-refractivity contribution is -0.113. The number of nitrogens with zero attached hydrogens (tertiary/aromatic N) is 2. The van der Waals surface area contributed by atoms with E-state index in [4.69, 9.17) is 22.1 Å². The van der Waals surface area contributed by atoms with Gasteiger partial charge in [-0.1, -0.05) is 23.4 Å². The molecule has 1 heterocycles. The van der Waals surface area contributed by atoms with Gasteiger partial charge in [0.25, 0.3) is 0 Å². The number of hydrogen-bond acceptors (Lipinski definition) is 6. The van der Waals surface area contributed by atoms with E-state index in [2.05, 4.69) is 15.3 Å². The summed E-state index contributed by atoms with van der Waals surface area (Å²) in [7, 11) is 1.52. The number of hydrogen-bond donors (Lipinski definition) is 2. The van der Waals surface area contributed by atoms with Gasteiger partial charge in [0.2, 0.25) is 5.91 Å². The predicted molar refractivity (Wildman–Crippen MR) is 83.8 cm³/mol. The maximum Gasteiger partial charge on any atom is 0.234 e. The van der Waals surface area contributed by atoms with Crippen LogP contribution >= 0.6 is 23.4 Å². The molecule has 1 aromatic carbocycles. The number of carbonyl (C=O) groups is 1. The molecule has 110 valence electrons. The Morgan fingerprint density at radius 2 is 2.19 bits per heavy atom. The van der Waals surface area contributed by atoms with Crippen molar-refractivity contribution < 1.29 is 9.53 Å². The Morgan fingerprint density at radius 3 is 2.90 bits per heavy atom. The number of anilines is 2. The SMILES string of the molecule is COc1ccc(Cl)cc1NC(=O)CSc1nccnc1N. The summed E-state index contributed by atoms with van der Waals surface area (Å²) in [6, 6.07) is 5.00. The van der Waals surface area contributed by atoms with Crippen molar-refractivity contribution >= 4 is 40.8 Å². The van der Waals surface area contributed by atoms with Gasteiger partial charge in [0, 0.05) is 17.4 Å². The highest BCUT2D eigenvalue weighted by atomic mass is 35.5. The van der Waals surface area contributed by atoms with Crippen LogP contribution in [0.2, 0.25) is 5.02 Å². The average Bonchev–Trinajstić information content (AvgIpc) is 2.47. The highest BCUT2D eigenvalue weighted by molar-refractivity contribution is 8.00. The molecule has 2 aromatic rings. The standard InChI is InChI=1S/C13H13ClN4O2S/c1-20-10-3-2-8(14)6-9(10)18-11(19)7-21-13-12(15)16-4-5-17-13/h2-6H,7H2,1H3,(H2,15,16)(H,18,19). The Balaban J connectivity index is 1.99. The quantitative estimate of drug-likeness (QED) is 0.821. The third kappa shape index (κ3) is 4.24. The number of thioether (sulfide) groups is 1. The first-order valence-electron chi connectivity index (χ1n) is 5.93. The number of amides is 1. The van der Waals surface area contributed by atoms with Gasteiger partial charge < -0.3 is 15.8 Å². The molecule has 6 nitrogen and oxygen atoms in total. The molecule has 0 radical (unpaired) electrons. The minimum Gasteiger partial charge on any atom is -0.495 e. The monoisotopic (exact) mass is 324 g/mol. The minimum atomic E-state index is -0.217. The number of nitrogen functional groups attached to an aromatic ring is 1. The van der Waals surface area contributed by atoms with Crippen molar-refractivity contribution in [3.05, 3.63) is 35.6 Å². The van der Waals surface area contributed by atoms with Crippen molar-refractivity contribution in [2.24, 2.45) is 0 Å². The fourth-order valence-corrected chi connectivity index (χ4v) is 2.39. The van der Waals surface area contributed by atoms with Crippen LogP contribution in [-0.2, 0) is 4.79 Å². The fourth-order valence-electron chi connectivity index (χ4n) is 1.55. The number of nitrogens with one attached hydrogen (secondary N) is 1. The molecule has 1 aromatic heterocycles. The molecule has 8 heteroatoms. The van der Waals surface area contributed by atoms with Gasteiger partial charge in [-0.15, -0.1) is 0 Å².